The van der Waals surface area contributed by atoms with Crippen LogP contribution in [0.3, 0.4) is 0 Å². The third-order valence-electron chi connectivity index (χ3n) is 4.94. The van der Waals surface area contributed by atoms with Crippen molar-refractivity contribution in [2.75, 3.05) is 6.54 Å². The molecule has 6 heteroatoms. The van der Waals surface area contributed by atoms with Gasteiger partial charge < -0.3 is 4.74 Å². The van der Waals surface area contributed by atoms with Gasteiger partial charge in [-0.1, -0.05) is 24.6 Å². The first-order chi connectivity index (χ1) is 13.7. The van der Waals surface area contributed by atoms with Crippen LogP contribution >= 0.6 is 11.3 Å². The first kappa shape index (κ1) is 18.8. The zero-order valence-electron chi connectivity index (χ0n) is 15.3. The summed E-state index contributed by atoms with van der Waals surface area (Å²) >= 11 is 1.54. The molecule has 0 aliphatic carbocycles. The summed E-state index contributed by atoms with van der Waals surface area (Å²) in [5.74, 6) is 0.417. The summed E-state index contributed by atoms with van der Waals surface area (Å²) in [6.07, 6.45) is 3.24. The largest absolute Gasteiger partial charge is 0.468 e. The Balaban J connectivity index is 1.56. The standard InChI is InChI=1S/C22H21FN2O2S/c23-17-11-9-16(10-12-17)22-24-19(15-28-22)20-8-4-5-13-25(20)21(14-26)27-18-6-2-1-3-7-18/h1-3,6-7,9-12,14-15,20-21H,4-5,8,13H2/t20-,21?/m1/s1. The molecule has 0 spiro atoms. The van der Waals surface area contributed by atoms with E-state index in [1.807, 2.05) is 35.7 Å². The maximum Gasteiger partial charge on any atom is 0.209 e. The number of carbonyl (C=O) groups is 1. The lowest BCUT2D eigenvalue weighted by atomic mass is 9.99. The number of para-hydroxylation sites is 1. The van der Waals surface area contributed by atoms with Crippen molar-refractivity contribution in [1.29, 1.82) is 0 Å². The van der Waals surface area contributed by atoms with E-state index in [0.717, 1.165) is 48.4 Å². The van der Waals surface area contributed by atoms with Crippen molar-refractivity contribution in [2.24, 2.45) is 0 Å². The molecule has 0 amide bonds. The second kappa shape index (κ2) is 8.63. The lowest BCUT2D eigenvalue weighted by molar-refractivity contribution is -0.125. The fourth-order valence-corrected chi connectivity index (χ4v) is 4.42. The number of ether oxygens (including phenoxy) is 1. The molecule has 1 aliphatic rings. The summed E-state index contributed by atoms with van der Waals surface area (Å²) in [4.78, 5) is 18.7. The Morgan fingerprint density at radius 3 is 2.68 bits per heavy atom. The highest BCUT2D eigenvalue weighted by Gasteiger charge is 2.32. The lowest BCUT2D eigenvalue weighted by Gasteiger charge is -2.37. The van der Waals surface area contributed by atoms with Gasteiger partial charge in [0.2, 0.25) is 6.23 Å². The van der Waals surface area contributed by atoms with Crippen LogP contribution < -0.4 is 4.74 Å². The smallest absolute Gasteiger partial charge is 0.209 e. The number of halogens is 1. The molecule has 2 aromatic carbocycles. The van der Waals surface area contributed by atoms with Gasteiger partial charge in [-0.05, 0) is 49.2 Å². The van der Waals surface area contributed by atoms with Gasteiger partial charge in [0, 0.05) is 17.5 Å². The van der Waals surface area contributed by atoms with E-state index in [1.54, 1.807) is 12.1 Å². The number of hydrogen-bond donors (Lipinski definition) is 0. The first-order valence-electron chi connectivity index (χ1n) is 9.39. The molecule has 2 atom stereocenters. The number of nitrogens with zero attached hydrogens (tertiary/aromatic N) is 2. The normalized spacial score (nSPS) is 18.5. The van der Waals surface area contributed by atoms with Crippen molar-refractivity contribution >= 4 is 17.6 Å². The molecule has 0 radical (unpaired) electrons. The van der Waals surface area contributed by atoms with Gasteiger partial charge in [-0.25, -0.2) is 9.37 Å². The predicted octanol–water partition coefficient (Wildman–Crippen LogP) is 5.08. The maximum atomic E-state index is 13.2. The zero-order valence-corrected chi connectivity index (χ0v) is 16.1. The number of likely N-dealkylation sites (tertiary alicyclic amines) is 1. The van der Waals surface area contributed by atoms with Crippen LogP contribution in [0.15, 0.2) is 60.0 Å². The molecule has 0 bridgehead atoms. The average Bonchev–Trinajstić information content (AvgIpc) is 3.23. The van der Waals surface area contributed by atoms with Crippen LogP contribution in [0.4, 0.5) is 4.39 Å². The van der Waals surface area contributed by atoms with Crippen molar-refractivity contribution in [1.82, 2.24) is 9.88 Å². The highest BCUT2D eigenvalue weighted by molar-refractivity contribution is 7.13. The van der Waals surface area contributed by atoms with Crippen LogP contribution in [0.2, 0.25) is 0 Å². The summed E-state index contributed by atoms with van der Waals surface area (Å²) < 4.78 is 19.1. The maximum absolute atomic E-state index is 13.2. The van der Waals surface area contributed by atoms with Crippen molar-refractivity contribution in [3.63, 3.8) is 0 Å². The van der Waals surface area contributed by atoms with Crippen LogP contribution in [0.5, 0.6) is 5.75 Å². The number of carbonyl (C=O) groups excluding carboxylic acids is 1. The molecule has 4 nitrogen and oxygen atoms in total. The van der Waals surface area contributed by atoms with Crippen molar-refractivity contribution in [3.8, 4) is 16.3 Å². The molecule has 144 valence electrons. The van der Waals surface area contributed by atoms with E-state index in [9.17, 15) is 9.18 Å². The Bertz CT molecular complexity index is 914. The Hall–Kier alpha value is -2.57. The fourth-order valence-electron chi connectivity index (χ4n) is 3.55. The molecular weight excluding hydrogens is 375 g/mol. The van der Waals surface area contributed by atoms with Gasteiger partial charge in [0.15, 0.2) is 6.29 Å². The summed E-state index contributed by atoms with van der Waals surface area (Å²) in [6, 6.07) is 15.8. The predicted molar refractivity (Wildman–Crippen MR) is 108 cm³/mol. The molecule has 1 saturated heterocycles. The van der Waals surface area contributed by atoms with Crippen molar-refractivity contribution < 1.29 is 13.9 Å². The van der Waals surface area contributed by atoms with Gasteiger partial charge in [-0.3, -0.25) is 9.69 Å². The minimum Gasteiger partial charge on any atom is -0.468 e. The Morgan fingerprint density at radius 2 is 1.93 bits per heavy atom. The summed E-state index contributed by atoms with van der Waals surface area (Å²) in [5, 5.41) is 2.89. The molecule has 3 aromatic rings. The molecule has 1 aliphatic heterocycles. The van der Waals surface area contributed by atoms with Crippen LogP contribution in [-0.2, 0) is 4.79 Å². The number of hydrogen-bond acceptors (Lipinski definition) is 5. The monoisotopic (exact) mass is 396 g/mol. The Kier molecular flexibility index (Phi) is 5.78. The third kappa shape index (κ3) is 4.13. The second-order valence-corrected chi connectivity index (χ2v) is 7.65. The Labute approximate surface area is 167 Å². The highest BCUT2D eigenvalue weighted by Crippen LogP contribution is 2.35. The highest BCUT2D eigenvalue weighted by atomic mass is 32.1. The van der Waals surface area contributed by atoms with Gasteiger partial charge in [0.1, 0.15) is 16.6 Å². The molecule has 0 N–H and O–H groups in total. The van der Waals surface area contributed by atoms with Gasteiger partial charge >= 0.3 is 0 Å². The van der Waals surface area contributed by atoms with Crippen LogP contribution in [0.1, 0.15) is 31.0 Å². The molecular formula is C22H21FN2O2S. The van der Waals surface area contributed by atoms with Crippen LogP contribution in [0.25, 0.3) is 10.6 Å². The first-order valence-corrected chi connectivity index (χ1v) is 10.3. The zero-order chi connectivity index (χ0) is 19.3. The molecule has 1 aromatic heterocycles. The van der Waals surface area contributed by atoms with E-state index in [4.69, 9.17) is 9.72 Å². The number of benzene rings is 2. The average molecular weight is 396 g/mol. The fraction of sp³-hybridized carbons (Fsp3) is 0.273. The molecule has 1 fully saturated rings. The van der Waals surface area contributed by atoms with E-state index in [1.165, 1.54) is 23.5 Å². The lowest BCUT2D eigenvalue weighted by Crippen LogP contribution is -2.45. The minimum atomic E-state index is -0.649. The number of aldehydes is 1. The van der Waals surface area contributed by atoms with E-state index in [0.29, 0.717) is 5.75 Å². The van der Waals surface area contributed by atoms with Gasteiger partial charge in [-0.15, -0.1) is 11.3 Å². The number of thiazole rings is 1. The van der Waals surface area contributed by atoms with Crippen LogP contribution in [-0.4, -0.2) is 28.9 Å². The van der Waals surface area contributed by atoms with E-state index < -0.39 is 6.23 Å². The van der Waals surface area contributed by atoms with Crippen molar-refractivity contribution in [3.05, 3.63) is 71.5 Å². The number of aromatic nitrogens is 1. The third-order valence-corrected chi connectivity index (χ3v) is 5.85. The van der Waals surface area contributed by atoms with E-state index in [-0.39, 0.29) is 11.9 Å². The summed E-state index contributed by atoms with van der Waals surface area (Å²) in [7, 11) is 0. The second-order valence-electron chi connectivity index (χ2n) is 6.79. The van der Waals surface area contributed by atoms with E-state index >= 15 is 0 Å². The number of piperidine rings is 1. The van der Waals surface area contributed by atoms with Gasteiger partial charge in [0.05, 0.1) is 11.7 Å². The molecule has 4 rings (SSSR count). The topological polar surface area (TPSA) is 42.4 Å². The quantitative estimate of drug-likeness (QED) is 0.545. The van der Waals surface area contributed by atoms with E-state index in [2.05, 4.69) is 4.90 Å². The summed E-state index contributed by atoms with van der Waals surface area (Å²) in [5.41, 5.74) is 1.83. The molecule has 1 unspecified atom stereocenters. The molecule has 2 heterocycles. The Morgan fingerprint density at radius 1 is 1.14 bits per heavy atom. The van der Waals surface area contributed by atoms with Gasteiger partial charge in [-0.2, -0.15) is 0 Å². The van der Waals surface area contributed by atoms with Crippen molar-refractivity contribution in [2.45, 2.75) is 31.5 Å². The van der Waals surface area contributed by atoms with Gasteiger partial charge in [0.25, 0.3) is 0 Å². The minimum absolute atomic E-state index is 0.0260. The summed E-state index contributed by atoms with van der Waals surface area (Å²) in [6.45, 7) is 0.782. The number of rotatable bonds is 6. The van der Waals surface area contributed by atoms with Crippen LogP contribution in [0, 0.1) is 5.82 Å². The molecule has 28 heavy (non-hydrogen) atoms. The SMILES string of the molecule is O=CC(Oc1ccccc1)N1CCCC[C@@H]1c1csc(-c2ccc(F)cc2)n1. The molecule has 0 saturated carbocycles.